The standard InChI is InChI=1S/C8H11N2/c1-3-6-10(4-2)7-5-9-8-10/h3-5,7-8H,1-2,6H2/q+1. The van der Waals surface area contributed by atoms with E-state index in [1.807, 2.05) is 24.8 Å². The number of nitrogens with zero attached hydrogens (tertiary/aromatic N) is 2. The molecule has 0 aromatic heterocycles. The van der Waals surface area contributed by atoms with Gasteiger partial charge in [-0.1, -0.05) is 6.58 Å². The number of quaternary nitrogens is 1. The van der Waals surface area contributed by atoms with Crippen molar-refractivity contribution in [2.45, 2.75) is 0 Å². The third-order valence-corrected chi connectivity index (χ3v) is 1.50. The summed E-state index contributed by atoms with van der Waals surface area (Å²) in [4.78, 5) is 3.97. The van der Waals surface area contributed by atoms with Crippen molar-refractivity contribution in [2.24, 2.45) is 4.99 Å². The first-order valence-corrected chi connectivity index (χ1v) is 3.17. The summed E-state index contributed by atoms with van der Waals surface area (Å²) in [5.41, 5.74) is 0. The zero-order valence-electron chi connectivity index (χ0n) is 5.90. The lowest BCUT2D eigenvalue weighted by atomic mass is 10.4. The van der Waals surface area contributed by atoms with Crippen LogP contribution in [0.4, 0.5) is 0 Å². The Balaban J connectivity index is 2.78. The Morgan fingerprint density at radius 3 is 2.70 bits per heavy atom. The van der Waals surface area contributed by atoms with Gasteiger partial charge < -0.3 is 0 Å². The van der Waals surface area contributed by atoms with Gasteiger partial charge in [-0.15, -0.1) is 0 Å². The average Bonchev–Trinajstić information content (AvgIpc) is 2.39. The highest BCUT2D eigenvalue weighted by Crippen LogP contribution is 2.10. The second-order valence-corrected chi connectivity index (χ2v) is 2.21. The van der Waals surface area contributed by atoms with E-state index in [9.17, 15) is 0 Å². The fraction of sp³-hybridized carbons (Fsp3) is 0.125. The van der Waals surface area contributed by atoms with E-state index in [-0.39, 0.29) is 0 Å². The quantitative estimate of drug-likeness (QED) is 0.412. The molecular formula is C8H11N2+. The van der Waals surface area contributed by atoms with Crippen LogP contribution in [0.15, 0.2) is 42.8 Å². The van der Waals surface area contributed by atoms with E-state index in [2.05, 4.69) is 18.2 Å². The van der Waals surface area contributed by atoms with Crippen molar-refractivity contribution in [3.8, 4) is 0 Å². The van der Waals surface area contributed by atoms with Crippen molar-refractivity contribution >= 4 is 6.34 Å². The molecule has 0 aliphatic carbocycles. The van der Waals surface area contributed by atoms with E-state index in [1.165, 1.54) is 0 Å². The molecular weight excluding hydrogens is 124 g/mol. The van der Waals surface area contributed by atoms with Gasteiger partial charge in [0.1, 0.15) is 12.7 Å². The summed E-state index contributed by atoms with van der Waals surface area (Å²) < 4.78 is 0.587. The van der Waals surface area contributed by atoms with E-state index in [4.69, 9.17) is 0 Å². The number of hydrogen-bond donors (Lipinski definition) is 0. The zero-order chi connectivity index (χ0) is 7.45. The molecule has 1 heterocycles. The van der Waals surface area contributed by atoms with Crippen LogP contribution in [-0.2, 0) is 0 Å². The predicted molar refractivity (Wildman–Crippen MR) is 43.2 cm³/mol. The lowest BCUT2D eigenvalue weighted by molar-refractivity contribution is -0.713. The molecule has 0 saturated carbocycles. The van der Waals surface area contributed by atoms with Crippen LogP contribution in [0.5, 0.6) is 0 Å². The zero-order valence-corrected chi connectivity index (χ0v) is 5.90. The fourth-order valence-electron chi connectivity index (χ4n) is 0.878. The van der Waals surface area contributed by atoms with Gasteiger partial charge in [-0.25, -0.2) is 9.48 Å². The summed E-state index contributed by atoms with van der Waals surface area (Å²) in [5.74, 6) is 0. The van der Waals surface area contributed by atoms with Crippen LogP contribution in [0.25, 0.3) is 0 Å². The summed E-state index contributed by atoms with van der Waals surface area (Å²) in [6.45, 7) is 8.20. The van der Waals surface area contributed by atoms with Crippen LogP contribution in [0.2, 0.25) is 0 Å². The maximum atomic E-state index is 3.97. The molecule has 1 aliphatic heterocycles. The second-order valence-electron chi connectivity index (χ2n) is 2.21. The number of aliphatic imine (C=N–C) groups is 1. The Morgan fingerprint density at radius 2 is 2.30 bits per heavy atom. The van der Waals surface area contributed by atoms with Crippen molar-refractivity contribution < 1.29 is 4.48 Å². The van der Waals surface area contributed by atoms with Crippen molar-refractivity contribution in [3.63, 3.8) is 0 Å². The molecule has 1 atom stereocenters. The lowest BCUT2D eigenvalue weighted by Gasteiger charge is -2.19. The molecule has 52 valence electrons. The molecule has 1 aliphatic rings. The predicted octanol–water partition coefficient (Wildman–Crippen LogP) is 1.65. The van der Waals surface area contributed by atoms with Gasteiger partial charge in [-0.2, -0.15) is 0 Å². The van der Waals surface area contributed by atoms with Crippen LogP contribution in [0.3, 0.4) is 0 Å². The number of hydrogen-bond acceptors (Lipinski definition) is 1. The third kappa shape index (κ3) is 1.06. The topological polar surface area (TPSA) is 12.4 Å². The number of rotatable bonds is 3. The molecule has 0 fully saturated rings. The summed E-state index contributed by atoms with van der Waals surface area (Å²) >= 11 is 0. The molecule has 0 spiro atoms. The van der Waals surface area contributed by atoms with Gasteiger partial charge in [0.25, 0.3) is 0 Å². The van der Waals surface area contributed by atoms with Gasteiger partial charge in [-0.3, -0.25) is 0 Å². The van der Waals surface area contributed by atoms with Crippen molar-refractivity contribution in [1.29, 1.82) is 0 Å². The molecule has 2 nitrogen and oxygen atoms in total. The first kappa shape index (κ1) is 6.96. The third-order valence-electron chi connectivity index (χ3n) is 1.50. The molecule has 0 radical (unpaired) electrons. The van der Waals surface area contributed by atoms with Crippen LogP contribution < -0.4 is 0 Å². The summed E-state index contributed by atoms with van der Waals surface area (Å²) in [6.07, 6.45) is 9.24. The van der Waals surface area contributed by atoms with E-state index >= 15 is 0 Å². The fourth-order valence-corrected chi connectivity index (χ4v) is 0.878. The molecule has 0 saturated heterocycles. The van der Waals surface area contributed by atoms with E-state index in [0.29, 0.717) is 4.48 Å². The highest BCUT2D eigenvalue weighted by Gasteiger charge is 2.19. The largest absolute Gasteiger partial charge is 0.225 e. The SMILES string of the molecule is C=CC[N+]1(C=C)C=CN=C1. The Kier molecular flexibility index (Phi) is 1.83. The second kappa shape index (κ2) is 2.62. The van der Waals surface area contributed by atoms with Crippen LogP contribution >= 0.6 is 0 Å². The average molecular weight is 135 g/mol. The van der Waals surface area contributed by atoms with E-state index in [0.717, 1.165) is 6.54 Å². The van der Waals surface area contributed by atoms with Gasteiger partial charge in [0.05, 0.1) is 12.4 Å². The summed E-state index contributed by atoms with van der Waals surface area (Å²) in [5, 5.41) is 0. The maximum Gasteiger partial charge on any atom is 0.199 e. The first-order chi connectivity index (χ1) is 4.83. The summed E-state index contributed by atoms with van der Waals surface area (Å²) in [6, 6.07) is 0. The minimum absolute atomic E-state index is 0.587. The Bertz CT molecular complexity index is 189. The maximum absolute atomic E-state index is 3.97. The molecule has 1 rings (SSSR count). The van der Waals surface area contributed by atoms with Crippen LogP contribution in [0, 0.1) is 0 Å². The molecule has 0 bridgehead atoms. The molecule has 0 aromatic carbocycles. The molecule has 10 heavy (non-hydrogen) atoms. The Labute approximate surface area is 61.1 Å². The highest BCUT2D eigenvalue weighted by molar-refractivity contribution is 5.52. The Hall–Kier alpha value is -1.15. The van der Waals surface area contributed by atoms with Crippen molar-refractivity contribution in [2.75, 3.05) is 6.54 Å². The molecule has 0 aromatic rings. The molecule has 0 amide bonds. The molecule has 0 N–H and O–H groups in total. The molecule has 1 unspecified atom stereocenters. The summed E-state index contributed by atoms with van der Waals surface area (Å²) in [7, 11) is 0. The van der Waals surface area contributed by atoms with Crippen molar-refractivity contribution in [1.82, 2.24) is 0 Å². The van der Waals surface area contributed by atoms with Crippen molar-refractivity contribution in [3.05, 3.63) is 37.8 Å². The van der Waals surface area contributed by atoms with E-state index < -0.39 is 0 Å². The monoisotopic (exact) mass is 135 g/mol. The van der Waals surface area contributed by atoms with Gasteiger partial charge in [0.2, 0.25) is 0 Å². The normalized spacial score (nSPS) is 28.8. The van der Waals surface area contributed by atoms with Gasteiger partial charge in [-0.05, 0) is 12.7 Å². The van der Waals surface area contributed by atoms with E-state index in [1.54, 1.807) is 6.20 Å². The smallest absolute Gasteiger partial charge is 0.199 e. The van der Waals surface area contributed by atoms with Gasteiger partial charge >= 0.3 is 0 Å². The lowest BCUT2D eigenvalue weighted by Crippen LogP contribution is -2.32. The first-order valence-electron chi connectivity index (χ1n) is 3.17. The van der Waals surface area contributed by atoms with Gasteiger partial charge in [0, 0.05) is 0 Å². The Morgan fingerprint density at radius 1 is 1.50 bits per heavy atom. The highest BCUT2D eigenvalue weighted by atomic mass is 15.4. The minimum Gasteiger partial charge on any atom is -0.225 e. The van der Waals surface area contributed by atoms with Gasteiger partial charge in [0.15, 0.2) is 6.34 Å². The van der Waals surface area contributed by atoms with Crippen LogP contribution in [0.1, 0.15) is 0 Å². The van der Waals surface area contributed by atoms with Crippen LogP contribution in [-0.4, -0.2) is 17.4 Å². The molecule has 2 heteroatoms. The minimum atomic E-state index is 0.587.